The molecule has 2 heterocycles. The maximum atomic E-state index is 13.1. The van der Waals surface area contributed by atoms with Gasteiger partial charge in [0.1, 0.15) is 12.4 Å². The molecule has 2 amide bonds. The van der Waals surface area contributed by atoms with Gasteiger partial charge in [0.15, 0.2) is 0 Å². The third-order valence-corrected chi connectivity index (χ3v) is 4.93. The second kappa shape index (κ2) is 9.27. The van der Waals surface area contributed by atoms with Crippen LogP contribution in [0.2, 0.25) is 0 Å². The molecule has 1 aliphatic rings. The van der Waals surface area contributed by atoms with E-state index in [1.807, 2.05) is 30.3 Å². The summed E-state index contributed by atoms with van der Waals surface area (Å²) in [4.78, 5) is 27.5. The van der Waals surface area contributed by atoms with Crippen LogP contribution in [0.5, 0.6) is 0 Å². The van der Waals surface area contributed by atoms with Crippen LogP contribution < -0.4 is 5.32 Å². The third-order valence-electron chi connectivity index (χ3n) is 4.93. The quantitative estimate of drug-likeness (QED) is 0.667. The average molecular weight is 406 g/mol. The van der Waals surface area contributed by atoms with E-state index in [0.29, 0.717) is 44.0 Å². The smallest absolute Gasteiger partial charge is 0.254 e. The number of amides is 2. The lowest BCUT2D eigenvalue weighted by atomic mass is 10.1. The monoisotopic (exact) mass is 406 g/mol. The average Bonchev–Trinajstić information content (AvgIpc) is 3.33. The van der Waals surface area contributed by atoms with Crippen molar-refractivity contribution < 1.29 is 14.3 Å². The standard InChI is InChI=1S/C21H22N6O3/c28-20(19(27-15-22-24-25-27)13-16-5-2-1-3-6-16)23-18-8-4-7-17(14-18)21(29)26-9-11-30-12-10-26/h1-8,14-15,19H,9-13H2,(H,23,28)/t19-/m0/s1. The minimum Gasteiger partial charge on any atom is -0.378 e. The molecule has 154 valence electrons. The largest absolute Gasteiger partial charge is 0.378 e. The first-order chi connectivity index (χ1) is 14.7. The number of carbonyl (C=O) groups excluding carboxylic acids is 2. The van der Waals surface area contributed by atoms with Crippen LogP contribution in [0, 0.1) is 0 Å². The van der Waals surface area contributed by atoms with E-state index in [-0.39, 0.29) is 11.8 Å². The number of nitrogens with one attached hydrogen (secondary N) is 1. The molecule has 1 N–H and O–H groups in total. The molecule has 1 aromatic heterocycles. The fourth-order valence-corrected chi connectivity index (χ4v) is 3.36. The molecular weight excluding hydrogens is 384 g/mol. The lowest BCUT2D eigenvalue weighted by Gasteiger charge is -2.27. The predicted octanol–water partition coefficient (Wildman–Crippen LogP) is 1.57. The van der Waals surface area contributed by atoms with Gasteiger partial charge >= 0.3 is 0 Å². The highest BCUT2D eigenvalue weighted by molar-refractivity contribution is 5.98. The Labute approximate surface area is 173 Å². The van der Waals surface area contributed by atoms with Crippen LogP contribution in [0.1, 0.15) is 22.0 Å². The maximum Gasteiger partial charge on any atom is 0.254 e. The molecule has 0 spiro atoms. The van der Waals surface area contributed by atoms with Gasteiger partial charge in [0.25, 0.3) is 5.91 Å². The highest BCUT2D eigenvalue weighted by Crippen LogP contribution is 2.18. The zero-order valence-corrected chi connectivity index (χ0v) is 16.3. The van der Waals surface area contributed by atoms with Gasteiger partial charge in [-0.2, -0.15) is 0 Å². The first kappa shape index (κ1) is 19.7. The van der Waals surface area contributed by atoms with E-state index in [1.165, 1.54) is 11.0 Å². The van der Waals surface area contributed by atoms with Crippen molar-refractivity contribution in [1.29, 1.82) is 0 Å². The number of carbonyl (C=O) groups is 2. The molecular formula is C21H22N6O3. The van der Waals surface area contributed by atoms with Gasteiger partial charge < -0.3 is 15.0 Å². The SMILES string of the molecule is O=C(Nc1cccc(C(=O)N2CCOCC2)c1)[C@H](Cc1ccccc1)n1cnnn1. The highest BCUT2D eigenvalue weighted by Gasteiger charge is 2.23. The molecule has 0 saturated carbocycles. The van der Waals surface area contributed by atoms with Gasteiger partial charge in [-0.25, -0.2) is 4.68 Å². The van der Waals surface area contributed by atoms with Crippen LogP contribution in [-0.4, -0.2) is 63.2 Å². The zero-order chi connectivity index (χ0) is 20.8. The maximum absolute atomic E-state index is 13.1. The molecule has 9 nitrogen and oxygen atoms in total. The zero-order valence-electron chi connectivity index (χ0n) is 16.3. The molecule has 4 rings (SSSR count). The summed E-state index contributed by atoms with van der Waals surface area (Å²) >= 11 is 0. The van der Waals surface area contributed by atoms with Gasteiger partial charge in [0.2, 0.25) is 5.91 Å². The number of hydrogen-bond donors (Lipinski definition) is 1. The van der Waals surface area contributed by atoms with Gasteiger partial charge in [0, 0.05) is 30.8 Å². The van der Waals surface area contributed by atoms with Crippen molar-refractivity contribution >= 4 is 17.5 Å². The first-order valence-corrected chi connectivity index (χ1v) is 9.75. The number of morpholine rings is 1. The number of anilines is 1. The van der Waals surface area contributed by atoms with Gasteiger partial charge in [-0.05, 0) is 34.2 Å². The van der Waals surface area contributed by atoms with Crippen LogP contribution in [0.25, 0.3) is 0 Å². The summed E-state index contributed by atoms with van der Waals surface area (Å²) in [6, 6.07) is 16.0. The summed E-state index contributed by atoms with van der Waals surface area (Å²) in [5.74, 6) is -0.335. The molecule has 0 bridgehead atoms. The summed E-state index contributed by atoms with van der Waals surface area (Å²) in [7, 11) is 0. The second-order valence-electron chi connectivity index (χ2n) is 6.97. The summed E-state index contributed by atoms with van der Waals surface area (Å²) in [5, 5.41) is 14.1. The van der Waals surface area contributed by atoms with Crippen LogP contribution >= 0.6 is 0 Å². The Morgan fingerprint density at radius 3 is 2.60 bits per heavy atom. The molecule has 0 radical (unpaired) electrons. The van der Waals surface area contributed by atoms with E-state index in [1.54, 1.807) is 29.2 Å². The molecule has 3 aromatic rings. The van der Waals surface area contributed by atoms with Crippen molar-refractivity contribution in [3.05, 3.63) is 72.1 Å². The number of rotatable bonds is 6. The normalized spacial score (nSPS) is 14.9. The van der Waals surface area contributed by atoms with Crippen molar-refractivity contribution in [3.8, 4) is 0 Å². The predicted molar refractivity (Wildman–Crippen MR) is 109 cm³/mol. The van der Waals surface area contributed by atoms with Crippen LogP contribution in [0.3, 0.4) is 0 Å². The summed E-state index contributed by atoms with van der Waals surface area (Å²) < 4.78 is 6.74. The highest BCUT2D eigenvalue weighted by atomic mass is 16.5. The summed E-state index contributed by atoms with van der Waals surface area (Å²) in [6.07, 6.45) is 1.86. The Kier molecular flexibility index (Phi) is 6.09. The van der Waals surface area contributed by atoms with Crippen molar-refractivity contribution in [2.75, 3.05) is 31.6 Å². The Morgan fingerprint density at radius 1 is 1.07 bits per heavy atom. The van der Waals surface area contributed by atoms with E-state index >= 15 is 0 Å². The van der Waals surface area contributed by atoms with Crippen molar-refractivity contribution in [2.24, 2.45) is 0 Å². The fourth-order valence-electron chi connectivity index (χ4n) is 3.36. The summed E-state index contributed by atoms with van der Waals surface area (Å²) in [6.45, 7) is 2.20. The Bertz CT molecular complexity index is 987. The number of tetrazole rings is 1. The first-order valence-electron chi connectivity index (χ1n) is 9.75. The molecule has 0 unspecified atom stereocenters. The van der Waals surface area contributed by atoms with E-state index in [2.05, 4.69) is 20.8 Å². The Hall–Kier alpha value is -3.59. The Morgan fingerprint density at radius 2 is 1.87 bits per heavy atom. The number of aromatic nitrogens is 4. The number of ether oxygens (including phenoxy) is 1. The lowest BCUT2D eigenvalue weighted by Crippen LogP contribution is -2.40. The van der Waals surface area contributed by atoms with Crippen LogP contribution in [0.4, 0.5) is 5.69 Å². The molecule has 0 aliphatic carbocycles. The molecule has 1 fully saturated rings. The second-order valence-corrected chi connectivity index (χ2v) is 6.97. The van der Waals surface area contributed by atoms with Gasteiger partial charge in [-0.1, -0.05) is 36.4 Å². The topological polar surface area (TPSA) is 102 Å². The minimum absolute atomic E-state index is 0.0734. The number of nitrogens with zero attached hydrogens (tertiary/aromatic N) is 5. The molecule has 2 aromatic carbocycles. The van der Waals surface area contributed by atoms with Crippen LogP contribution in [0.15, 0.2) is 60.9 Å². The van der Waals surface area contributed by atoms with Gasteiger partial charge in [0.05, 0.1) is 13.2 Å². The van der Waals surface area contributed by atoms with E-state index in [0.717, 1.165) is 5.56 Å². The van der Waals surface area contributed by atoms with Gasteiger partial charge in [-0.3, -0.25) is 9.59 Å². The third kappa shape index (κ3) is 4.69. The molecule has 30 heavy (non-hydrogen) atoms. The van der Waals surface area contributed by atoms with E-state index < -0.39 is 6.04 Å². The van der Waals surface area contributed by atoms with Crippen molar-refractivity contribution in [3.63, 3.8) is 0 Å². The minimum atomic E-state index is -0.624. The lowest BCUT2D eigenvalue weighted by molar-refractivity contribution is -0.119. The summed E-state index contributed by atoms with van der Waals surface area (Å²) in [5.41, 5.74) is 2.06. The van der Waals surface area contributed by atoms with Crippen molar-refractivity contribution in [2.45, 2.75) is 12.5 Å². The van der Waals surface area contributed by atoms with E-state index in [9.17, 15) is 9.59 Å². The van der Waals surface area contributed by atoms with Crippen LogP contribution in [-0.2, 0) is 16.0 Å². The van der Waals surface area contributed by atoms with Gasteiger partial charge in [-0.15, -0.1) is 5.10 Å². The molecule has 1 aliphatic heterocycles. The Balaban J connectivity index is 1.50. The number of hydrogen-bond acceptors (Lipinski definition) is 6. The van der Waals surface area contributed by atoms with E-state index in [4.69, 9.17) is 4.74 Å². The molecule has 1 saturated heterocycles. The molecule has 1 atom stereocenters. The number of benzene rings is 2. The fraction of sp³-hybridized carbons (Fsp3) is 0.286. The van der Waals surface area contributed by atoms with Crippen molar-refractivity contribution in [1.82, 2.24) is 25.1 Å². The molecule has 9 heteroatoms.